The summed E-state index contributed by atoms with van der Waals surface area (Å²) in [4.78, 5) is 26.2. The van der Waals surface area contributed by atoms with Gasteiger partial charge in [0, 0.05) is 10.7 Å². The molecule has 1 aromatic carbocycles. The molecule has 2 aromatic rings. The fraction of sp³-hybridized carbons (Fsp3) is 0.176. The number of benzene rings is 1. The number of hydrogen-bond acceptors (Lipinski definition) is 5. The molecule has 3 rings (SSSR count). The first-order valence-electron chi connectivity index (χ1n) is 7.25. The topological polar surface area (TPSA) is 71.8 Å². The number of carbonyl (C=O) groups is 2. The zero-order chi connectivity index (χ0) is 17.1. The van der Waals surface area contributed by atoms with E-state index in [9.17, 15) is 9.59 Å². The number of amides is 1. The molecule has 7 heteroatoms. The largest absolute Gasteiger partial charge is 0.467 e. The van der Waals surface area contributed by atoms with E-state index < -0.39 is 5.97 Å². The highest BCUT2D eigenvalue weighted by molar-refractivity contribution is 6.30. The molecule has 1 N–H and O–H groups in total. The van der Waals surface area contributed by atoms with Gasteiger partial charge in [0.25, 0.3) is 5.91 Å². The average molecular weight is 347 g/mol. The van der Waals surface area contributed by atoms with E-state index in [2.05, 4.69) is 5.32 Å². The molecule has 0 bridgehead atoms. The summed E-state index contributed by atoms with van der Waals surface area (Å²) >= 11 is 5.88. The number of esters is 1. The van der Waals surface area contributed by atoms with E-state index in [1.807, 2.05) is 0 Å². The van der Waals surface area contributed by atoms with Crippen molar-refractivity contribution in [2.24, 2.45) is 0 Å². The van der Waals surface area contributed by atoms with E-state index >= 15 is 0 Å². The van der Waals surface area contributed by atoms with E-state index in [4.69, 9.17) is 20.8 Å². The highest BCUT2D eigenvalue weighted by Gasteiger charge is 2.35. The second-order valence-corrected chi connectivity index (χ2v) is 5.58. The van der Waals surface area contributed by atoms with E-state index in [1.165, 1.54) is 12.0 Å². The van der Waals surface area contributed by atoms with Gasteiger partial charge in [0.15, 0.2) is 0 Å². The molecule has 0 unspecified atom stereocenters. The lowest BCUT2D eigenvalue weighted by Gasteiger charge is -2.17. The third-order valence-electron chi connectivity index (χ3n) is 3.67. The van der Waals surface area contributed by atoms with Crippen LogP contribution in [-0.2, 0) is 20.9 Å². The van der Waals surface area contributed by atoms with Gasteiger partial charge in [-0.1, -0.05) is 11.6 Å². The quantitative estimate of drug-likeness (QED) is 0.842. The zero-order valence-electron chi connectivity index (χ0n) is 12.9. The third-order valence-corrected chi connectivity index (χ3v) is 3.92. The second kappa shape index (κ2) is 6.80. The molecule has 24 heavy (non-hydrogen) atoms. The first kappa shape index (κ1) is 16.1. The van der Waals surface area contributed by atoms with Crippen LogP contribution < -0.4 is 10.2 Å². The number of nitrogens with zero attached hydrogens (tertiary/aromatic N) is 1. The molecule has 1 aromatic heterocycles. The van der Waals surface area contributed by atoms with Crippen LogP contribution in [0.4, 0.5) is 5.69 Å². The Kier molecular flexibility index (Phi) is 4.57. The highest BCUT2D eigenvalue weighted by atomic mass is 35.5. The fourth-order valence-electron chi connectivity index (χ4n) is 2.46. The lowest BCUT2D eigenvalue weighted by Crippen LogP contribution is -2.30. The van der Waals surface area contributed by atoms with Crippen LogP contribution in [0.15, 0.2) is 58.3 Å². The van der Waals surface area contributed by atoms with Crippen molar-refractivity contribution in [1.29, 1.82) is 0 Å². The van der Waals surface area contributed by atoms with Crippen LogP contribution in [0.1, 0.15) is 5.76 Å². The zero-order valence-corrected chi connectivity index (χ0v) is 13.7. The molecule has 1 amide bonds. The molecule has 6 nitrogen and oxygen atoms in total. The average Bonchev–Trinajstić information content (AvgIpc) is 3.21. The van der Waals surface area contributed by atoms with E-state index in [1.54, 1.807) is 42.7 Å². The van der Waals surface area contributed by atoms with Crippen molar-refractivity contribution in [3.05, 3.63) is 64.7 Å². The maximum absolute atomic E-state index is 12.7. The monoisotopic (exact) mass is 346 g/mol. The van der Waals surface area contributed by atoms with Crippen LogP contribution in [0.3, 0.4) is 0 Å². The third kappa shape index (κ3) is 3.14. The molecule has 124 valence electrons. The van der Waals surface area contributed by atoms with Crippen LogP contribution in [-0.4, -0.2) is 25.5 Å². The molecular weight excluding hydrogens is 332 g/mol. The molecule has 2 heterocycles. The summed E-state index contributed by atoms with van der Waals surface area (Å²) in [5.41, 5.74) is 1.15. The van der Waals surface area contributed by atoms with E-state index in [0.717, 1.165) is 0 Å². The van der Waals surface area contributed by atoms with Crippen molar-refractivity contribution < 1.29 is 18.7 Å². The maximum atomic E-state index is 12.7. The number of hydrogen-bond donors (Lipinski definition) is 1. The van der Waals surface area contributed by atoms with Crippen LogP contribution in [0.25, 0.3) is 0 Å². The minimum Gasteiger partial charge on any atom is -0.467 e. The number of anilines is 1. The number of furan rings is 1. The van der Waals surface area contributed by atoms with Gasteiger partial charge in [0.1, 0.15) is 11.5 Å². The molecule has 0 saturated carbocycles. The Hall–Kier alpha value is -2.73. The van der Waals surface area contributed by atoms with E-state index in [-0.39, 0.29) is 23.7 Å². The number of methoxy groups -OCH3 is 1. The number of carbonyl (C=O) groups excluding carboxylic acids is 2. The SMILES string of the molecule is COC(=O)C1=C(NCc2ccco2)C(=O)N(c2ccc(Cl)cc2)C1. The summed E-state index contributed by atoms with van der Waals surface area (Å²) in [5.74, 6) is -0.185. The van der Waals surface area contributed by atoms with Crippen LogP contribution >= 0.6 is 11.6 Å². The smallest absolute Gasteiger partial charge is 0.337 e. The Morgan fingerprint density at radius 3 is 2.71 bits per heavy atom. The van der Waals surface area contributed by atoms with Crippen LogP contribution in [0, 0.1) is 0 Å². The standard InChI is InChI=1S/C17H15ClN2O4/c1-23-17(22)14-10-20(12-6-4-11(18)5-7-12)16(21)15(14)19-9-13-3-2-8-24-13/h2-8,19H,9-10H2,1H3. The van der Waals surface area contributed by atoms with Crippen LogP contribution in [0.2, 0.25) is 5.02 Å². The fourth-order valence-corrected chi connectivity index (χ4v) is 2.59. The van der Waals surface area contributed by atoms with Gasteiger partial charge in [-0.15, -0.1) is 0 Å². The van der Waals surface area contributed by atoms with Gasteiger partial charge in [-0.05, 0) is 36.4 Å². The number of halogens is 1. The van der Waals surface area contributed by atoms with Crippen LogP contribution in [0.5, 0.6) is 0 Å². The van der Waals surface area contributed by atoms with Crippen molar-refractivity contribution in [2.45, 2.75) is 6.54 Å². The van der Waals surface area contributed by atoms with Gasteiger partial charge in [0.2, 0.25) is 0 Å². The molecular formula is C17H15ClN2O4. The van der Waals surface area contributed by atoms with Crippen molar-refractivity contribution >= 4 is 29.2 Å². The Morgan fingerprint density at radius 1 is 1.33 bits per heavy atom. The Balaban J connectivity index is 1.85. The van der Waals surface area contributed by atoms with Crippen molar-refractivity contribution in [3.8, 4) is 0 Å². The number of rotatable bonds is 5. The van der Waals surface area contributed by atoms with Crippen molar-refractivity contribution in [3.63, 3.8) is 0 Å². The Morgan fingerprint density at radius 2 is 2.08 bits per heavy atom. The number of nitrogens with one attached hydrogen (secondary N) is 1. The molecule has 0 atom stereocenters. The van der Waals surface area contributed by atoms with Crippen molar-refractivity contribution in [1.82, 2.24) is 5.32 Å². The predicted molar refractivity (Wildman–Crippen MR) is 88.4 cm³/mol. The second-order valence-electron chi connectivity index (χ2n) is 5.15. The van der Waals surface area contributed by atoms with Gasteiger partial charge in [-0.2, -0.15) is 0 Å². The minimum absolute atomic E-state index is 0.133. The minimum atomic E-state index is -0.540. The summed E-state index contributed by atoms with van der Waals surface area (Å²) in [6.45, 7) is 0.427. The Labute approximate surface area is 143 Å². The summed E-state index contributed by atoms with van der Waals surface area (Å²) in [6, 6.07) is 10.4. The molecule has 0 fully saturated rings. The van der Waals surface area contributed by atoms with Gasteiger partial charge in [-0.25, -0.2) is 4.79 Å². The van der Waals surface area contributed by atoms with Gasteiger partial charge in [0.05, 0.1) is 32.0 Å². The van der Waals surface area contributed by atoms with Gasteiger partial charge < -0.3 is 19.4 Å². The first-order valence-corrected chi connectivity index (χ1v) is 7.63. The summed E-state index contributed by atoms with van der Waals surface area (Å²) < 4.78 is 10.0. The first-order chi connectivity index (χ1) is 11.6. The normalized spacial score (nSPS) is 14.2. The summed E-state index contributed by atoms with van der Waals surface area (Å²) in [5, 5.41) is 3.55. The molecule has 0 saturated heterocycles. The molecule has 0 spiro atoms. The van der Waals surface area contributed by atoms with E-state index in [0.29, 0.717) is 23.0 Å². The highest BCUT2D eigenvalue weighted by Crippen LogP contribution is 2.26. The summed E-state index contributed by atoms with van der Waals surface area (Å²) in [7, 11) is 1.29. The Bertz CT molecular complexity index is 781. The van der Waals surface area contributed by atoms with Crippen molar-refractivity contribution in [2.75, 3.05) is 18.6 Å². The molecule has 1 aliphatic heterocycles. The lowest BCUT2D eigenvalue weighted by atomic mass is 10.2. The predicted octanol–water partition coefficient (Wildman–Crippen LogP) is 2.50. The maximum Gasteiger partial charge on any atom is 0.337 e. The number of ether oxygens (including phenoxy) is 1. The lowest BCUT2D eigenvalue weighted by molar-refractivity contribution is -0.136. The molecule has 1 aliphatic rings. The molecule has 0 radical (unpaired) electrons. The van der Waals surface area contributed by atoms with Gasteiger partial charge in [-0.3, -0.25) is 4.79 Å². The molecule has 0 aliphatic carbocycles. The van der Waals surface area contributed by atoms with Gasteiger partial charge >= 0.3 is 5.97 Å². The summed E-state index contributed by atoms with van der Waals surface area (Å²) in [6.07, 6.45) is 1.54.